The molecule has 90 valence electrons. The second-order valence-corrected chi connectivity index (χ2v) is 3.68. The smallest absolute Gasteiger partial charge is 0.236 e. The number of rotatable bonds is 6. The van der Waals surface area contributed by atoms with Crippen LogP contribution in [0.5, 0.6) is 0 Å². The fourth-order valence-electron chi connectivity index (χ4n) is 1.57. The van der Waals surface area contributed by atoms with Gasteiger partial charge in [0.2, 0.25) is 5.91 Å². The zero-order valence-electron chi connectivity index (χ0n) is 10.2. The van der Waals surface area contributed by atoms with Gasteiger partial charge < -0.3 is 9.32 Å². The van der Waals surface area contributed by atoms with Crippen LogP contribution < -0.4 is 5.32 Å². The summed E-state index contributed by atoms with van der Waals surface area (Å²) < 4.78 is 5.25. The molecule has 1 N–H and O–H groups in total. The number of hydrogen-bond donors (Lipinski definition) is 1. The lowest BCUT2D eigenvalue weighted by molar-refractivity contribution is -0.130. The lowest BCUT2D eigenvalue weighted by Crippen LogP contribution is -2.38. The van der Waals surface area contributed by atoms with E-state index in [2.05, 4.69) is 5.32 Å². The Morgan fingerprint density at radius 2 is 2.19 bits per heavy atom. The van der Waals surface area contributed by atoms with Crippen LogP contribution in [-0.4, -0.2) is 30.4 Å². The molecule has 0 saturated heterocycles. The number of likely N-dealkylation sites (N-methyl/N-ethyl adjacent to an activating group) is 1. The average molecular weight is 224 g/mol. The molecule has 0 bridgehead atoms. The normalized spacial score (nSPS) is 12.4. The zero-order chi connectivity index (χ0) is 12.0. The van der Waals surface area contributed by atoms with Gasteiger partial charge in [-0.1, -0.05) is 0 Å². The first-order valence-corrected chi connectivity index (χ1v) is 5.73. The van der Waals surface area contributed by atoms with Crippen LogP contribution in [0.4, 0.5) is 0 Å². The van der Waals surface area contributed by atoms with Crippen molar-refractivity contribution in [1.29, 1.82) is 0 Å². The second-order valence-electron chi connectivity index (χ2n) is 3.68. The molecule has 0 aliphatic heterocycles. The summed E-state index contributed by atoms with van der Waals surface area (Å²) in [5.41, 5.74) is 0. The van der Waals surface area contributed by atoms with Gasteiger partial charge in [-0.3, -0.25) is 10.1 Å². The molecule has 1 aromatic rings. The Balaban J connectivity index is 2.37. The van der Waals surface area contributed by atoms with Crippen LogP contribution in [0.25, 0.3) is 0 Å². The number of hydrogen-bond acceptors (Lipinski definition) is 3. The average Bonchev–Trinajstić information content (AvgIpc) is 2.81. The Kier molecular flexibility index (Phi) is 5.05. The van der Waals surface area contributed by atoms with E-state index >= 15 is 0 Å². The van der Waals surface area contributed by atoms with E-state index in [1.807, 2.05) is 37.8 Å². The van der Waals surface area contributed by atoms with Crippen molar-refractivity contribution in [2.75, 3.05) is 19.6 Å². The van der Waals surface area contributed by atoms with Crippen molar-refractivity contribution in [1.82, 2.24) is 10.2 Å². The van der Waals surface area contributed by atoms with E-state index in [-0.39, 0.29) is 11.9 Å². The van der Waals surface area contributed by atoms with E-state index < -0.39 is 0 Å². The van der Waals surface area contributed by atoms with Gasteiger partial charge in [0, 0.05) is 13.1 Å². The fraction of sp³-hybridized carbons (Fsp3) is 0.583. The third kappa shape index (κ3) is 3.38. The van der Waals surface area contributed by atoms with Gasteiger partial charge in [0.25, 0.3) is 0 Å². The molecule has 0 radical (unpaired) electrons. The Morgan fingerprint density at radius 3 is 2.69 bits per heavy atom. The van der Waals surface area contributed by atoms with Crippen LogP contribution in [0, 0.1) is 0 Å². The van der Waals surface area contributed by atoms with E-state index in [0.29, 0.717) is 6.54 Å². The summed E-state index contributed by atoms with van der Waals surface area (Å²) in [6, 6.07) is 3.81. The summed E-state index contributed by atoms with van der Waals surface area (Å²) in [4.78, 5) is 13.5. The third-order valence-corrected chi connectivity index (χ3v) is 2.65. The summed E-state index contributed by atoms with van der Waals surface area (Å²) in [6.07, 6.45) is 1.64. The predicted octanol–water partition coefficient (Wildman–Crippen LogP) is 1.80. The van der Waals surface area contributed by atoms with Crippen molar-refractivity contribution >= 4 is 5.91 Å². The quantitative estimate of drug-likeness (QED) is 0.801. The highest BCUT2D eigenvalue weighted by Gasteiger charge is 2.12. The number of carbonyl (C=O) groups is 1. The van der Waals surface area contributed by atoms with Crippen LogP contribution in [0.1, 0.15) is 32.6 Å². The van der Waals surface area contributed by atoms with Crippen molar-refractivity contribution in [3.05, 3.63) is 24.2 Å². The number of amides is 1. The van der Waals surface area contributed by atoms with Gasteiger partial charge in [0.05, 0.1) is 18.8 Å². The lowest BCUT2D eigenvalue weighted by atomic mass is 10.2. The number of nitrogens with zero attached hydrogens (tertiary/aromatic N) is 1. The second kappa shape index (κ2) is 6.33. The molecule has 16 heavy (non-hydrogen) atoms. The minimum atomic E-state index is 0.0644. The van der Waals surface area contributed by atoms with E-state index in [1.165, 1.54) is 0 Å². The zero-order valence-corrected chi connectivity index (χ0v) is 10.2. The summed E-state index contributed by atoms with van der Waals surface area (Å²) in [5.74, 6) is 0.982. The molecule has 4 heteroatoms. The molecular formula is C12H20N2O2. The molecule has 0 fully saturated rings. The van der Waals surface area contributed by atoms with Gasteiger partial charge in [0.1, 0.15) is 5.76 Å². The number of furan rings is 1. The molecule has 0 aliphatic rings. The van der Waals surface area contributed by atoms with Crippen molar-refractivity contribution in [3.8, 4) is 0 Å². The first-order valence-electron chi connectivity index (χ1n) is 5.73. The van der Waals surface area contributed by atoms with Crippen LogP contribution >= 0.6 is 0 Å². The largest absolute Gasteiger partial charge is 0.468 e. The highest BCUT2D eigenvalue weighted by atomic mass is 16.3. The maximum Gasteiger partial charge on any atom is 0.236 e. The highest BCUT2D eigenvalue weighted by Crippen LogP contribution is 2.11. The number of carbonyl (C=O) groups excluding carboxylic acids is 1. The molecule has 0 aromatic carbocycles. The maximum atomic E-state index is 11.7. The molecule has 1 unspecified atom stereocenters. The Morgan fingerprint density at radius 1 is 1.50 bits per heavy atom. The predicted molar refractivity (Wildman–Crippen MR) is 63.1 cm³/mol. The van der Waals surface area contributed by atoms with E-state index in [1.54, 1.807) is 6.26 Å². The Hall–Kier alpha value is -1.29. The highest BCUT2D eigenvalue weighted by molar-refractivity contribution is 5.78. The molecule has 1 amide bonds. The monoisotopic (exact) mass is 224 g/mol. The third-order valence-electron chi connectivity index (χ3n) is 2.65. The van der Waals surface area contributed by atoms with Gasteiger partial charge >= 0.3 is 0 Å². The van der Waals surface area contributed by atoms with Gasteiger partial charge in [-0.15, -0.1) is 0 Å². The van der Waals surface area contributed by atoms with E-state index in [4.69, 9.17) is 4.42 Å². The fourth-order valence-corrected chi connectivity index (χ4v) is 1.57. The molecule has 1 rings (SSSR count). The standard InChI is InChI=1S/C12H20N2O2/c1-4-14(5-2)12(15)9-13-10(3)11-7-6-8-16-11/h6-8,10,13H,4-5,9H2,1-3H3. The van der Waals surface area contributed by atoms with Gasteiger partial charge in [0.15, 0.2) is 0 Å². The molecule has 1 atom stereocenters. The summed E-state index contributed by atoms with van der Waals surface area (Å²) in [5, 5.41) is 3.15. The summed E-state index contributed by atoms with van der Waals surface area (Å²) in [7, 11) is 0. The summed E-state index contributed by atoms with van der Waals surface area (Å²) >= 11 is 0. The van der Waals surface area contributed by atoms with Crippen LogP contribution in [0.15, 0.2) is 22.8 Å². The van der Waals surface area contributed by atoms with Gasteiger partial charge in [-0.2, -0.15) is 0 Å². The number of nitrogens with one attached hydrogen (secondary N) is 1. The molecule has 1 heterocycles. The summed E-state index contributed by atoms with van der Waals surface area (Å²) in [6.45, 7) is 7.81. The van der Waals surface area contributed by atoms with Crippen molar-refractivity contribution in [2.45, 2.75) is 26.8 Å². The minimum absolute atomic E-state index is 0.0644. The van der Waals surface area contributed by atoms with Gasteiger partial charge in [-0.25, -0.2) is 0 Å². The maximum absolute atomic E-state index is 11.7. The van der Waals surface area contributed by atoms with Crippen molar-refractivity contribution < 1.29 is 9.21 Å². The molecule has 1 aromatic heterocycles. The first-order chi connectivity index (χ1) is 7.69. The van der Waals surface area contributed by atoms with E-state index in [0.717, 1.165) is 18.8 Å². The molecule has 0 aliphatic carbocycles. The van der Waals surface area contributed by atoms with Gasteiger partial charge in [-0.05, 0) is 32.9 Å². The Bertz CT molecular complexity index is 305. The van der Waals surface area contributed by atoms with E-state index in [9.17, 15) is 4.79 Å². The van der Waals surface area contributed by atoms with Crippen LogP contribution in [0.2, 0.25) is 0 Å². The SMILES string of the molecule is CCN(CC)C(=O)CNC(C)c1ccco1. The van der Waals surface area contributed by atoms with Crippen LogP contribution in [0.3, 0.4) is 0 Å². The van der Waals surface area contributed by atoms with Crippen molar-refractivity contribution in [3.63, 3.8) is 0 Å². The minimum Gasteiger partial charge on any atom is -0.468 e. The molecule has 0 saturated carbocycles. The first kappa shape index (κ1) is 12.8. The lowest BCUT2D eigenvalue weighted by Gasteiger charge is -2.20. The van der Waals surface area contributed by atoms with Crippen molar-refractivity contribution in [2.24, 2.45) is 0 Å². The molecule has 4 nitrogen and oxygen atoms in total. The molecule has 0 spiro atoms. The topological polar surface area (TPSA) is 45.5 Å². The Labute approximate surface area is 96.6 Å². The molecular weight excluding hydrogens is 204 g/mol. The van der Waals surface area contributed by atoms with Crippen LogP contribution in [-0.2, 0) is 4.79 Å².